The third kappa shape index (κ3) is 3.59. The molecule has 0 aromatic carbocycles. The second-order valence-electron chi connectivity index (χ2n) is 7.30. The van der Waals surface area contributed by atoms with Crippen molar-refractivity contribution in [2.75, 3.05) is 19.8 Å². The highest BCUT2D eigenvalue weighted by atomic mass is 16.8. The summed E-state index contributed by atoms with van der Waals surface area (Å²) in [4.78, 5) is 12.9. The van der Waals surface area contributed by atoms with Crippen LogP contribution in [0, 0.1) is 5.92 Å². The highest BCUT2D eigenvalue weighted by Gasteiger charge is 2.66. The summed E-state index contributed by atoms with van der Waals surface area (Å²) in [6.07, 6.45) is -12.6. The van der Waals surface area contributed by atoms with Crippen molar-refractivity contribution in [1.29, 1.82) is 0 Å². The van der Waals surface area contributed by atoms with E-state index in [1.807, 2.05) is 0 Å². The van der Waals surface area contributed by atoms with Crippen molar-refractivity contribution in [3.63, 3.8) is 0 Å². The second-order valence-corrected chi connectivity index (χ2v) is 7.30. The van der Waals surface area contributed by atoms with E-state index in [1.54, 1.807) is 0 Å². The summed E-state index contributed by atoms with van der Waals surface area (Å²) in [6.45, 7) is 0.0698. The van der Waals surface area contributed by atoms with Crippen molar-refractivity contribution in [1.82, 2.24) is 0 Å². The average Bonchev–Trinajstić information content (AvgIpc) is 2.92. The molecule has 0 radical (unpaired) electrons. The van der Waals surface area contributed by atoms with E-state index in [1.165, 1.54) is 13.8 Å². The quantitative estimate of drug-likeness (QED) is 0.198. The lowest BCUT2D eigenvalue weighted by molar-refractivity contribution is -0.417. The zero-order valence-electron chi connectivity index (χ0n) is 15.5. The summed E-state index contributed by atoms with van der Waals surface area (Å²) in [7, 11) is 0. The fourth-order valence-corrected chi connectivity index (χ4v) is 3.39. The van der Waals surface area contributed by atoms with Gasteiger partial charge in [-0.1, -0.05) is 13.8 Å². The average molecular weight is 412 g/mol. The number of ketones is 1. The molecule has 0 amide bonds. The fourth-order valence-electron chi connectivity index (χ4n) is 3.39. The molecular weight excluding hydrogens is 384 g/mol. The van der Waals surface area contributed by atoms with E-state index in [2.05, 4.69) is 0 Å². The first kappa shape index (κ1) is 23.5. The summed E-state index contributed by atoms with van der Waals surface area (Å²) in [6, 6.07) is 0. The smallest absolute Gasteiger partial charge is 0.261 e. The van der Waals surface area contributed by atoms with Gasteiger partial charge in [-0.05, 0) is 0 Å². The molecule has 2 fully saturated rings. The zero-order chi connectivity index (χ0) is 21.4. The van der Waals surface area contributed by atoms with Gasteiger partial charge in [0.25, 0.3) is 5.79 Å². The van der Waals surface area contributed by atoms with Crippen LogP contribution in [0.15, 0.2) is 0 Å². The number of aliphatic hydroxyl groups is 8. The van der Waals surface area contributed by atoms with Crippen molar-refractivity contribution in [2.45, 2.75) is 68.1 Å². The maximum absolute atomic E-state index is 12.9. The van der Waals surface area contributed by atoms with Crippen molar-refractivity contribution < 1.29 is 59.9 Å². The Kier molecular flexibility index (Phi) is 7.17. The summed E-state index contributed by atoms with van der Waals surface area (Å²) >= 11 is 0. The molecule has 1 unspecified atom stereocenters. The van der Waals surface area contributed by atoms with Gasteiger partial charge in [0.05, 0.1) is 13.2 Å². The summed E-state index contributed by atoms with van der Waals surface area (Å²) < 4.78 is 16.1. The fraction of sp³-hybridized carbons (Fsp3) is 0.938. The SMILES string of the molecule is CC(C)C(=O)[C@@]1(OC2(CO)O[C@H](CO)[C@@H](O)[C@@H]2O)O[C@H](CO)[C@@H](O)[C@H](O)[C@H]1O. The van der Waals surface area contributed by atoms with Gasteiger partial charge < -0.3 is 55.1 Å². The van der Waals surface area contributed by atoms with Crippen molar-refractivity contribution in [3.8, 4) is 0 Å². The van der Waals surface area contributed by atoms with Crippen LogP contribution in [0.4, 0.5) is 0 Å². The molecule has 0 aromatic heterocycles. The summed E-state index contributed by atoms with van der Waals surface area (Å²) in [5, 5.41) is 79.5. The van der Waals surface area contributed by atoms with E-state index in [4.69, 9.17) is 14.2 Å². The van der Waals surface area contributed by atoms with E-state index < -0.39 is 85.8 Å². The molecule has 0 aromatic rings. The number of Topliss-reactive ketones (excluding diaryl/α,β-unsaturated/α-hetero) is 1. The van der Waals surface area contributed by atoms with Crippen molar-refractivity contribution in [2.24, 2.45) is 5.92 Å². The Labute approximate surface area is 160 Å². The van der Waals surface area contributed by atoms with E-state index in [0.29, 0.717) is 0 Å². The maximum atomic E-state index is 12.9. The van der Waals surface area contributed by atoms with Crippen LogP contribution in [0.1, 0.15) is 13.8 Å². The van der Waals surface area contributed by atoms with Crippen LogP contribution < -0.4 is 0 Å². The standard InChI is InChI=1S/C16H28O12/c1-6(2)12(23)16(14(25)11(22)9(20)7(3-17)27-16)28-15(5-19)13(24)10(21)8(4-18)26-15/h6-11,13-14,17-22,24-25H,3-5H2,1-2H3/t7-,8-,9-,10-,11+,13+,14-,15?,16+/m1/s1. The molecule has 2 aliphatic heterocycles. The van der Waals surface area contributed by atoms with Crippen LogP contribution in [0.5, 0.6) is 0 Å². The van der Waals surface area contributed by atoms with Crippen molar-refractivity contribution >= 4 is 5.78 Å². The van der Waals surface area contributed by atoms with Gasteiger partial charge in [0, 0.05) is 5.92 Å². The van der Waals surface area contributed by atoms with Crippen LogP contribution in [-0.2, 0) is 19.0 Å². The maximum Gasteiger partial charge on any atom is 0.261 e. The first-order valence-electron chi connectivity index (χ1n) is 8.84. The number of rotatable bonds is 7. The largest absolute Gasteiger partial charge is 0.394 e. The van der Waals surface area contributed by atoms with Gasteiger partial charge in [0.1, 0.15) is 49.3 Å². The lowest BCUT2D eigenvalue weighted by Gasteiger charge is -2.50. The predicted octanol–water partition coefficient (Wildman–Crippen LogP) is -4.80. The molecule has 12 heteroatoms. The van der Waals surface area contributed by atoms with Gasteiger partial charge in [-0.3, -0.25) is 4.79 Å². The summed E-state index contributed by atoms with van der Waals surface area (Å²) in [5.41, 5.74) is 0. The Morgan fingerprint density at radius 2 is 1.43 bits per heavy atom. The van der Waals surface area contributed by atoms with Gasteiger partial charge in [0.15, 0.2) is 5.78 Å². The molecular formula is C16H28O12. The van der Waals surface area contributed by atoms with Crippen LogP contribution in [0.25, 0.3) is 0 Å². The molecule has 0 spiro atoms. The third-order valence-corrected chi connectivity index (χ3v) is 5.05. The molecule has 2 saturated heterocycles. The molecule has 2 heterocycles. The monoisotopic (exact) mass is 412 g/mol. The van der Waals surface area contributed by atoms with Crippen LogP contribution in [0.2, 0.25) is 0 Å². The molecule has 2 aliphatic rings. The molecule has 0 aliphatic carbocycles. The summed E-state index contributed by atoms with van der Waals surface area (Å²) in [5.74, 6) is -7.10. The van der Waals surface area contributed by atoms with Gasteiger partial charge in [-0.25, -0.2) is 0 Å². The molecule has 28 heavy (non-hydrogen) atoms. The first-order valence-corrected chi connectivity index (χ1v) is 8.84. The lowest BCUT2D eigenvalue weighted by atomic mass is 9.86. The Bertz CT molecular complexity index is 556. The van der Waals surface area contributed by atoms with Gasteiger partial charge in [-0.15, -0.1) is 0 Å². The van der Waals surface area contributed by atoms with Gasteiger partial charge in [0.2, 0.25) is 5.79 Å². The van der Waals surface area contributed by atoms with E-state index in [-0.39, 0.29) is 0 Å². The Morgan fingerprint density at radius 1 is 0.893 bits per heavy atom. The van der Waals surface area contributed by atoms with Gasteiger partial charge in [-0.2, -0.15) is 0 Å². The normalized spacial score (nSPS) is 46.9. The predicted molar refractivity (Wildman–Crippen MR) is 87.4 cm³/mol. The molecule has 164 valence electrons. The molecule has 12 nitrogen and oxygen atoms in total. The first-order chi connectivity index (χ1) is 13.0. The number of hydrogen-bond donors (Lipinski definition) is 8. The van der Waals surface area contributed by atoms with Crippen molar-refractivity contribution in [3.05, 3.63) is 0 Å². The number of carbonyl (C=O) groups excluding carboxylic acids is 1. The lowest BCUT2D eigenvalue weighted by Crippen LogP contribution is -2.72. The van der Waals surface area contributed by atoms with Gasteiger partial charge >= 0.3 is 0 Å². The zero-order valence-corrected chi connectivity index (χ0v) is 15.5. The van der Waals surface area contributed by atoms with Crippen LogP contribution >= 0.6 is 0 Å². The number of aliphatic hydroxyl groups excluding tert-OH is 8. The molecule has 0 saturated carbocycles. The number of ether oxygens (including phenoxy) is 3. The third-order valence-electron chi connectivity index (χ3n) is 5.05. The van der Waals surface area contributed by atoms with Crippen LogP contribution in [0.3, 0.4) is 0 Å². The molecule has 2 rings (SSSR count). The minimum Gasteiger partial charge on any atom is -0.394 e. The Balaban J connectivity index is 2.53. The topological polar surface area (TPSA) is 207 Å². The Morgan fingerprint density at radius 3 is 1.86 bits per heavy atom. The van der Waals surface area contributed by atoms with E-state index in [9.17, 15) is 45.6 Å². The molecule has 0 bridgehead atoms. The molecule has 9 atom stereocenters. The highest BCUT2D eigenvalue weighted by Crippen LogP contribution is 2.42. The second kappa shape index (κ2) is 8.53. The number of carbonyl (C=O) groups is 1. The van der Waals surface area contributed by atoms with Crippen LogP contribution in [-0.4, -0.2) is 121 Å². The molecule has 8 N–H and O–H groups in total. The van der Waals surface area contributed by atoms with E-state index in [0.717, 1.165) is 0 Å². The van der Waals surface area contributed by atoms with E-state index >= 15 is 0 Å². The Hall–Kier alpha value is -0.770. The highest BCUT2D eigenvalue weighted by molar-refractivity contribution is 5.88. The minimum absolute atomic E-state index is 0.765. The number of hydrogen-bond acceptors (Lipinski definition) is 12. The minimum atomic E-state index is -2.77.